The first-order valence-corrected chi connectivity index (χ1v) is 25.4. The van der Waals surface area contributed by atoms with Crippen LogP contribution < -0.4 is 0 Å². The van der Waals surface area contributed by atoms with Crippen LogP contribution in [-0.4, -0.2) is 37.2 Å². The Morgan fingerprint density at radius 1 is 0.351 bits per heavy atom. The number of ether oxygens (including phenoxy) is 3. The molecule has 0 aromatic heterocycles. The molecule has 2 atom stereocenters. The van der Waals surface area contributed by atoms with Crippen LogP contribution in [0, 0.1) is 5.92 Å². The van der Waals surface area contributed by atoms with E-state index in [0.29, 0.717) is 19.3 Å². The maximum Gasteiger partial charge on any atom is 0.306 e. The number of hydrogen-bond donors (Lipinski definition) is 0. The predicted octanol–water partition coefficient (Wildman–Crippen LogP) is 16.3. The minimum absolute atomic E-state index is 0.0629. The average molecular weight is 807 g/mol. The molecular weight excluding hydrogens is 709 g/mol. The van der Waals surface area contributed by atoms with Gasteiger partial charge >= 0.3 is 17.9 Å². The summed E-state index contributed by atoms with van der Waals surface area (Å²) in [6.45, 7) is 9.05. The second-order valence-electron chi connectivity index (χ2n) is 17.7. The summed E-state index contributed by atoms with van der Waals surface area (Å²) in [5, 5.41) is 0. The highest BCUT2D eigenvalue weighted by atomic mass is 16.6. The number of carbonyl (C=O) groups excluding carboxylic acids is 3. The van der Waals surface area contributed by atoms with Gasteiger partial charge in [0.25, 0.3) is 0 Å². The van der Waals surface area contributed by atoms with Gasteiger partial charge in [-0.1, -0.05) is 246 Å². The molecule has 0 saturated carbocycles. The normalized spacial score (nSPS) is 12.4. The van der Waals surface area contributed by atoms with E-state index in [0.717, 1.165) is 63.7 Å². The minimum Gasteiger partial charge on any atom is -0.462 e. The Morgan fingerprint density at radius 3 is 0.912 bits per heavy atom. The lowest BCUT2D eigenvalue weighted by Crippen LogP contribution is -2.30. The molecule has 0 aliphatic rings. The van der Waals surface area contributed by atoms with Crippen LogP contribution in [0.1, 0.15) is 285 Å². The lowest BCUT2D eigenvalue weighted by atomic mass is 9.99. The van der Waals surface area contributed by atoms with Gasteiger partial charge in [-0.05, 0) is 25.2 Å². The number of esters is 3. The van der Waals surface area contributed by atoms with Gasteiger partial charge in [0.05, 0.1) is 0 Å². The van der Waals surface area contributed by atoms with Crippen LogP contribution in [0.25, 0.3) is 0 Å². The van der Waals surface area contributed by atoms with Crippen LogP contribution in [0.4, 0.5) is 0 Å². The molecule has 0 aromatic carbocycles. The second kappa shape index (κ2) is 45.5. The first-order chi connectivity index (χ1) is 27.9. The molecule has 0 aliphatic heterocycles. The average Bonchev–Trinajstić information content (AvgIpc) is 3.21. The van der Waals surface area contributed by atoms with Crippen LogP contribution in [0.15, 0.2) is 0 Å². The Morgan fingerprint density at radius 2 is 0.614 bits per heavy atom. The molecule has 0 fully saturated rings. The monoisotopic (exact) mass is 807 g/mol. The Labute approximate surface area is 355 Å². The molecule has 6 heteroatoms. The van der Waals surface area contributed by atoms with Crippen LogP contribution >= 0.6 is 0 Å². The molecule has 1 unspecified atom stereocenters. The van der Waals surface area contributed by atoms with E-state index < -0.39 is 6.10 Å². The molecule has 0 amide bonds. The second-order valence-corrected chi connectivity index (χ2v) is 17.7. The smallest absolute Gasteiger partial charge is 0.306 e. The number of unbranched alkanes of at least 4 members (excludes halogenated alkanes) is 32. The molecule has 6 nitrogen and oxygen atoms in total. The lowest BCUT2D eigenvalue weighted by Gasteiger charge is -2.18. The summed E-state index contributed by atoms with van der Waals surface area (Å²) >= 11 is 0. The van der Waals surface area contributed by atoms with Crippen LogP contribution in [-0.2, 0) is 28.6 Å². The van der Waals surface area contributed by atoms with Crippen molar-refractivity contribution in [1.29, 1.82) is 0 Å². The van der Waals surface area contributed by atoms with E-state index in [2.05, 4.69) is 27.7 Å². The highest BCUT2D eigenvalue weighted by Crippen LogP contribution is 2.17. The molecule has 0 N–H and O–H groups in total. The van der Waals surface area contributed by atoms with Crippen molar-refractivity contribution < 1.29 is 28.6 Å². The van der Waals surface area contributed by atoms with E-state index >= 15 is 0 Å². The zero-order valence-corrected chi connectivity index (χ0v) is 38.8. The summed E-state index contributed by atoms with van der Waals surface area (Å²) in [4.78, 5) is 37.8. The van der Waals surface area contributed by atoms with E-state index in [4.69, 9.17) is 14.2 Å². The van der Waals surface area contributed by atoms with E-state index in [1.807, 2.05) is 0 Å². The van der Waals surface area contributed by atoms with Crippen molar-refractivity contribution in [3.8, 4) is 0 Å². The van der Waals surface area contributed by atoms with Crippen molar-refractivity contribution in [3.63, 3.8) is 0 Å². The SMILES string of the molecule is CCCCCCCCCCCCCC(=O)OC[C@@H](COC(=O)CCCCCCCCCCCCCCCCC(C)CC)OC(=O)CCCCCCCCCCCC. The third-order valence-corrected chi connectivity index (χ3v) is 11.9. The van der Waals surface area contributed by atoms with Gasteiger partial charge in [-0.3, -0.25) is 14.4 Å². The maximum atomic E-state index is 12.7. The molecule has 57 heavy (non-hydrogen) atoms. The zero-order valence-electron chi connectivity index (χ0n) is 38.8. The summed E-state index contributed by atoms with van der Waals surface area (Å²) in [5.74, 6) is 0.0477. The van der Waals surface area contributed by atoms with Crippen molar-refractivity contribution in [1.82, 2.24) is 0 Å². The summed E-state index contributed by atoms with van der Waals surface area (Å²) in [6, 6.07) is 0. The van der Waals surface area contributed by atoms with Gasteiger partial charge in [-0.25, -0.2) is 0 Å². The van der Waals surface area contributed by atoms with Gasteiger partial charge in [-0.15, -0.1) is 0 Å². The van der Waals surface area contributed by atoms with Gasteiger partial charge in [0.15, 0.2) is 6.10 Å². The summed E-state index contributed by atoms with van der Waals surface area (Å²) in [7, 11) is 0. The van der Waals surface area contributed by atoms with Crippen molar-refractivity contribution in [2.75, 3.05) is 13.2 Å². The third-order valence-electron chi connectivity index (χ3n) is 11.9. The molecule has 0 aliphatic carbocycles. The third kappa shape index (κ3) is 43.8. The molecule has 0 aromatic rings. The van der Waals surface area contributed by atoms with Gasteiger partial charge in [-0.2, -0.15) is 0 Å². The van der Waals surface area contributed by atoms with Gasteiger partial charge < -0.3 is 14.2 Å². The van der Waals surface area contributed by atoms with E-state index in [1.165, 1.54) is 180 Å². The van der Waals surface area contributed by atoms with Crippen molar-refractivity contribution in [2.24, 2.45) is 5.92 Å². The Bertz CT molecular complexity index is 859. The van der Waals surface area contributed by atoms with Crippen molar-refractivity contribution >= 4 is 17.9 Å². The fourth-order valence-electron chi connectivity index (χ4n) is 7.66. The van der Waals surface area contributed by atoms with Gasteiger partial charge in [0, 0.05) is 19.3 Å². The fraction of sp³-hybridized carbons (Fsp3) is 0.941. The first kappa shape index (κ1) is 55.4. The topological polar surface area (TPSA) is 78.9 Å². The lowest BCUT2D eigenvalue weighted by molar-refractivity contribution is -0.167. The largest absolute Gasteiger partial charge is 0.462 e. The fourth-order valence-corrected chi connectivity index (χ4v) is 7.66. The van der Waals surface area contributed by atoms with Gasteiger partial charge in [0.2, 0.25) is 0 Å². The maximum absolute atomic E-state index is 12.7. The molecule has 0 heterocycles. The highest BCUT2D eigenvalue weighted by molar-refractivity contribution is 5.71. The highest BCUT2D eigenvalue weighted by Gasteiger charge is 2.19. The number of rotatable bonds is 46. The van der Waals surface area contributed by atoms with Crippen molar-refractivity contribution in [2.45, 2.75) is 291 Å². The Balaban J connectivity index is 4.24. The molecule has 0 saturated heterocycles. The summed E-state index contributed by atoms with van der Waals surface area (Å²) in [5.41, 5.74) is 0. The van der Waals surface area contributed by atoms with Crippen LogP contribution in [0.2, 0.25) is 0 Å². The molecule has 338 valence electrons. The summed E-state index contributed by atoms with van der Waals surface area (Å²) in [6.07, 6.45) is 46.5. The van der Waals surface area contributed by atoms with E-state index in [-0.39, 0.29) is 31.1 Å². The van der Waals surface area contributed by atoms with Crippen molar-refractivity contribution in [3.05, 3.63) is 0 Å². The van der Waals surface area contributed by atoms with Gasteiger partial charge in [0.1, 0.15) is 13.2 Å². The molecule has 0 bridgehead atoms. The molecule has 0 spiro atoms. The number of carbonyl (C=O) groups is 3. The quantitative estimate of drug-likeness (QED) is 0.0346. The Kier molecular flexibility index (Phi) is 44.2. The van der Waals surface area contributed by atoms with Crippen LogP contribution in [0.3, 0.4) is 0 Å². The number of hydrogen-bond acceptors (Lipinski definition) is 6. The van der Waals surface area contributed by atoms with E-state index in [9.17, 15) is 14.4 Å². The Hall–Kier alpha value is -1.59. The standard InChI is InChI=1S/C51H98O6/c1-5-8-10-12-14-16-22-27-30-34-38-42-49(52)55-45-48(57-51(54)44-40-36-32-26-17-15-13-11-9-6-2)46-56-50(53)43-39-35-31-28-24-21-19-18-20-23-25-29-33-37-41-47(4)7-3/h47-48H,5-46H2,1-4H3/t47?,48-/m0/s1. The first-order valence-electron chi connectivity index (χ1n) is 25.4. The van der Waals surface area contributed by atoms with Crippen LogP contribution in [0.5, 0.6) is 0 Å². The van der Waals surface area contributed by atoms with E-state index in [1.54, 1.807) is 0 Å². The minimum atomic E-state index is -0.759. The molecule has 0 rings (SSSR count). The zero-order chi connectivity index (χ0) is 41.7. The molecule has 0 radical (unpaired) electrons. The predicted molar refractivity (Wildman–Crippen MR) is 243 cm³/mol. The summed E-state index contributed by atoms with van der Waals surface area (Å²) < 4.78 is 16.8. The molecular formula is C51H98O6.